The lowest BCUT2D eigenvalue weighted by molar-refractivity contribution is -0.274. The zero-order valence-electron chi connectivity index (χ0n) is 12.1. The van der Waals surface area contributed by atoms with Gasteiger partial charge in [0.05, 0.1) is 0 Å². The highest BCUT2D eigenvalue weighted by atomic mass is 19.4. The van der Waals surface area contributed by atoms with Gasteiger partial charge in [-0.3, -0.25) is 4.79 Å². The Morgan fingerprint density at radius 1 is 1.24 bits per heavy atom. The number of rotatable bonds is 4. The van der Waals surface area contributed by atoms with Crippen LogP contribution in [0.5, 0.6) is 5.75 Å². The molecule has 0 fully saturated rings. The second-order valence-electron chi connectivity index (χ2n) is 5.80. The third-order valence-electron chi connectivity index (χ3n) is 2.89. The van der Waals surface area contributed by atoms with Gasteiger partial charge in [0.2, 0.25) is 5.91 Å². The van der Waals surface area contributed by atoms with Gasteiger partial charge >= 0.3 is 6.36 Å². The van der Waals surface area contributed by atoms with Crippen molar-refractivity contribution in [2.24, 2.45) is 11.1 Å². The SMILES string of the molecule is CC(C)(C)C(N)CC(=O)Nc1ccc(OC(F)(F)F)cc1. The predicted octanol–water partition coefficient (Wildman–Crippen LogP) is 3.29. The number of amides is 1. The van der Waals surface area contributed by atoms with Gasteiger partial charge in [-0.1, -0.05) is 20.8 Å². The van der Waals surface area contributed by atoms with E-state index in [1.807, 2.05) is 20.8 Å². The molecule has 0 spiro atoms. The summed E-state index contributed by atoms with van der Waals surface area (Å²) in [5.41, 5.74) is 6.07. The third kappa shape index (κ3) is 6.48. The van der Waals surface area contributed by atoms with Gasteiger partial charge in [0.15, 0.2) is 0 Å². The van der Waals surface area contributed by atoms with Crippen molar-refractivity contribution in [3.63, 3.8) is 0 Å². The Hall–Kier alpha value is -1.76. The summed E-state index contributed by atoms with van der Waals surface area (Å²) in [7, 11) is 0. The zero-order chi connectivity index (χ0) is 16.3. The fourth-order valence-corrected chi connectivity index (χ4v) is 1.46. The molecule has 0 saturated carbocycles. The molecular formula is C14H19F3N2O2. The molecule has 1 atom stereocenters. The first-order valence-corrected chi connectivity index (χ1v) is 6.38. The van der Waals surface area contributed by atoms with Crippen LogP contribution in [0.4, 0.5) is 18.9 Å². The van der Waals surface area contributed by atoms with E-state index in [2.05, 4.69) is 10.1 Å². The molecule has 0 aliphatic heterocycles. The van der Waals surface area contributed by atoms with Crippen LogP contribution in [-0.2, 0) is 4.79 Å². The molecular weight excluding hydrogens is 285 g/mol. The second kappa shape index (κ2) is 6.34. The summed E-state index contributed by atoms with van der Waals surface area (Å²) in [5, 5.41) is 2.58. The van der Waals surface area contributed by atoms with E-state index < -0.39 is 6.36 Å². The molecule has 0 aliphatic rings. The molecule has 21 heavy (non-hydrogen) atoms. The summed E-state index contributed by atoms with van der Waals surface area (Å²) in [6.45, 7) is 5.77. The number of hydrogen-bond donors (Lipinski definition) is 2. The summed E-state index contributed by atoms with van der Waals surface area (Å²) in [6, 6.07) is 4.62. The fourth-order valence-electron chi connectivity index (χ4n) is 1.46. The highest BCUT2D eigenvalue weighted by molar-refractivity contribution is 5.91. The van der Waals surface area contributed by atoms with Crippen LogP contribution in [0.25, 0.3) is 0 Å². The van der Waals surface area contributed by atoms with Crippen molar-refractivity contribution >= 4 is 11.6 Å². The van der Waals surface area contributed by atoms with E-state index in [0.717, 1.165) is 12.1 Å². The number of nitrogens with two attached hydrogens (primary N) is 1. The Balaban J connectivity index is 2.58. The highest BCUT2D eigenvalue weighted by Crippen LogP contribution is 2.24. The Bertz CT molecular complexity index is 478. The third-order valence-corrected chi connectivity index (χ3v) is 2.89. The van der Waals surface area contributed by atoms with Gasteiger partial charge in [0, 0.05) is 18.2 Å². The first-order chi connectivity index (χ1) is 9.47. The number of anilines is 1. The molecule has 1 aromatic carbocycles. The van der Waals surface area contributed by atoms with E-state index >= 15 is 0 Å². The van der Waals surface area contributed by atoms with Gasteiger partial charge in [0.1, 0.15) is 5.75 Å². The number of nitrogens with one attached hydrogen (secondary N) is 1. The van der Waals surface area contributed by atoms with E-state index in [1.54, 1.807) is 0 Å². The molecule has 4 nitrogen and oxygen atoms in total. The van der Waals surface area contributed by atoms with Crippen molar-refractivity contribution in [2.45, 2.75) is 39.6 Å². The first-order valence-electron chi connectivity index (χ1n) is 6.38. The fraction of sp³-hybridized carbons (Fsp3) is 0.500. The average Bonchev–Trinajstić information content (AvgIpc) is 2.28. The van der Waals surface area contributed by atoms with Gasteiger partial charge < -0.3 is 15.8 Å². The van der Waals surface area contributed by atoms with E-state index in [9.17, 15) is 18.0 Å². The molecule has 1 rings (SSSR count). The molecule has 0 aliphatic carbocycles. The number of benzene rings is 1. The molecule has 118 valence electrons. The van der Waals surface area contributed by atoms with Gasteiger partial charge in [-0.15, -0.1) is 13.2 Å². The van der Waals surface area contributed by atoms with Gasteiger partial charge in [-0.2, -0.15) is 0 Å². The molecule has 0 bridgehead atoms. The van der Waals surface area contributed by atoms with Crippen LogP contribution < -0.4 is 15.8 Å². The molecule has 0 saturated heterocycles. The minimum absolute atomic E-state index is 0.129. The maximum Gasteiger partial charge on any atom is 0.573 e. The quantitative estimate of drug-likeness (QED) is 0.897. The summed E-state index contributed by atoms with van der Waals surface area (Å²) < 4.78 is 39.7. The summed E-state index contributed by atoms with van der Waals surface area (Å²) in [6.07, 6.45) is -4.60. The Morgan fingerprint density at radius 3 is 2.19 bits per heavy atom. The number of alkyl halides is 3. The number of hydrogen-bond acceptors (Lipinski definition) is 3. The van der Waals surface area contributed by atoms with Crippen molar-refractivity contribution in [3.05, 3.63) is 24.3 Å². The van der Waals surface area contributed by atoms with Crippen LogP contribution in [0, 0.1) is 5.41 Å². The zero-order valence-corrected chi connectivity index (χ0v) is 12.1. The van der Waals surface area contributed by atoms with Crippen molar-refractivity contribution in [2.75, 3.05) is 5.32 Å². The van der Waals surface area contributed by atoms with Gasteiger partial charge in [0.25, 0.3) is 0 Å². The van der Waals surface area contributed by atoms with Gasteiger partial charge in [-0.05, 0) is 29.7 Å². The van der Waals surface area contributed by atoms with Crippen LogP contribution in [0.3, 0.4) is 0 Å². The molecule has 1 unspecified atom stereocenters. The topological polar surface area (TPSA) is 64.4 Å². The summed E-state index contributed by atoms with van der Waals surface area (Å²) in [4.78, 5) is 11.8. The number of halogens is 3. The predicted molar refractivity (Wildman–Crippen MR) is 73.8 cm³/mol. The number of carbonyl (C=O) groups excluding carboxylic acids is 1. The first kappa shape index (κ1) is 17.3. The van der Waals surface area contributed by atoms with Crippen LogP contribution >= 0.6 is 0 Å². The Labute approximate surface area is 121 Å². The largest absolute Gasteiger partial charge is 0.573 e. The number of carbonyl (C=O) groups is 1. The van der Waals surface area contributed by atoms with Crippen molar-refractivity contribution in [1.29, 1.82) is 0 Å². The number of ether oxygens (including phenoxy) is 1. The average molecular weight is 304 g/mol. The van der Waals surface area contributed by atoms with E-state index in [1.165, 1.54) is 12.1 Å². The highest BCUT2D eigenvalue weighted by Gasteiger charge is 2.31. The van der Waals surface area contributed by atoms with Crippen LogP contribution in [-0.4, -0.2) is 18.3 Å². The Kier molecular flexibility index (Phi) is 5.22. The molecule has 1 aromatic rings. The van der Waals surface area contributed by atoms with Crippen molar-refractivity contribution in [1.82, 2.24) is 0 Å². The lowest BCUT2D eigenvalue weighted by Gasteiger charge is -2.26. The molecule has 3 N–H and O–H groups in total. The lowest BCUT2D eigenvalue weighted by atomic mass is 9.85. The molecule has 0 heterocycles. The molecule has 0 aromatic heterocycles. The summed E-state index contributed by atoms with van der Waals surface area (Å²) >= 11 is 0. The molecule has 0 radical (unpaired) electrons. The minimum atomic E-state index is -4.73. The lowest BCUT2D eigenvalue weighted by Crippen LogP contribution is -2.38. The van der Waals surface area contributed by atoms with Crippen LogP contribution in [0.1, 0.15) is 27.2 Å². The van der Waals surface area contributed by atoms with E-state index in [0.29, 0.717) is 5.69 Å². The van der Waals surface area contributed by atoms with Crippen molar-refractivity contribution in [3.8, 4) is 5.75 Å². The molecule has 1 amide bonds. The maximum atomic E-state index is 12.0. The minimum Gasteiger partial charge on any atom is -0.406 e. The Morgan fingerprint density at radius 2 is 1.76 bits per heavy atom. The maximum absolute atomic E-state index is 12.0. The summed E-state index contributed by atoms with van der Waals surface area (Å²) in [5.74, 6) is -0.631. The molecule has 7 heteroatoms. The van der Waals surface area contributed by atoms with E-state index in [-0.39, 0.29) is 29.5 Å². The van der Waals surface area contributed by atoms with Gasteiger partial charge in [-0.25, -0.2) is 0 Å². The smallest absolute Gasteiger partial charge is 0.406 e. The normalized spacial score (nSPS) is 13.7. The monoisotopic (exact) mass is 304 g/mol. The second-order valence-corrected chi connectivity index (χ2v) is 5.80. The van der Waals surface area contributed by atoms with Crippen molar-refractivity contribution < 1.29 is 22.7 Å². The van der Waals surface area contributed by atoms with Crippen LogP contribution in [0.2, 0.25) is 0 Å². The van der Waals surface area contributed by atoms with E-state index in [4.69, 9.17) is 5.73 Å². The van der Waals surface area contributed by atoms with Crippen LogP contribution in [0.15, 0.2) is 24.3 Å². The standard InChI is InChI=1S/C14H19F3N2O2/c1-13(2,3)11(18)8-12(20)19-9-4-6-10(7-5-9)21-14(15,16)17/h4-7,11H,8,18H2,1-3H3,(H,19,20).